The summed E-state index contributed by atoms with van der Waals surface area (Å²) in [6, 6.07) is 0. The van der Waals surface area contributed by atoms with E-state index in [0.717, 1.165) is 25.7 Å². The van der Waals surface area contributed by atoms with Gasteiger partial charge in [0.25, 0.3) is 0 Å². The number of rotatable bonds is 3. The summed E-state index contributed by atoms with van der Waals surface area (Å²) in [5, 5.41) is 2.98. The number of hydrogen-bond donors (Lipinski definition) is 1. The van der Waals surface area contributed by atoms with Gasteiger partial charge in [0.2, 0.25) is 11.8 Å². The summed E-state index contributed by atoms with van der Waals surface area (Å²) in [6.45, 7) is 5.96. The van der Waals surface area contributed by atoms with E-state index in [4.69, 9.17) is 4.74 Å². The van der Waals surface area contributed by atoms with Crippen molar-refractivity contribution in [1.82, 2.24) is 10.2 Å². The second kappa shape index (κ2) is 4.78. The summed E-state index contributed by atoms with van der Waals surface area (Å²) in [6.07, 6.45) is 3.43. The van der Waals surface area contributed by atoms with Gasteiger partial charge >= 0.3 is 0 Å². The molecule has 108 valence electrons. The van der Waals surface area contributed by atoms with Crippen molar-refractivity contribution in [1.29, 1.82) is 0 Å². The Morgan fingerprint density at radius 3 is 2.42 bits per heavy atom. The van der Waals surface area contributed by atoms with Crippen molar-refractivity contribution >= 4 is 11.8 Å². The maximum Gasteiger partial charge on any atom is 0.249 e. The van der Waals surface area contributed by atoms with Crippen LogP contribution in [0.5, 0.6) is 0 Å². The highest BCUT2D eigenvalue weighted by molar-refractivity contribution is 6.02. The third-order valence-electron chi connectivity index (χ3n) is 4.54. The molecule has 2 aliphatic rings. The predicted molar refractivity (Wildman–Crippen MR) is 71.6 cm³/mol. The fraction of sp³-hybridized carbons (Fsp3) is 0.857. The molecule has 5 nitrogen and oxygen atoms in total. The zero-order valence-electron chi connectivity index (χ0n) is 12.3. The number of carbonyl (C=O) groups is 2. The van der Waals surface area contributed by atoms with Crippen LogP contribution in [0.3, 0.4) is 0 Å². The Labute approximate surface area is 114 Å². The van der Waals surface area contributed by atoms with E-state index in [1.807, 2.05) is 6.92 Å². The predicted octanol–water partition coefficient (Wildman–Crippen LogP) is 1.07. The van der Waals surface area contributed by atoms with Crippen LogP contribution in [0.15, 0.2) is 0 Å². The first-order valence-electron chi connectivity index (χ1n) is 7.01. The van der Waals surface area contributed by atoms with Gasteiger partial charge in [-0.2, -0.15) is 0 Å². The third kappa shape index (κ3) is 2.24. The molecule has 2 amide bonds. The number of carbonyl (C=O) groups excluding carboxylic acids is 2. The molecule has 0 bridgehead atoms. The Hall–Kier alpha value is -1.10. The maximum absolute atomic E-state index is 12.8. The lowest BCUT2D eigenvalue weighted by Gasteiger charge is -2.49. The lowest BCUT2D eigenvalue weighted by molar-refractivity contribution is -0.162. The molecule has 5 heteroatoms. The quantitative estimate of drug-likeness (QED) is 0.833. The van der Waals surface area contributed by atoms with Crippen LogP contribution in [0.2, 0.25) is 0 Å². The van der Waals surface area contributed by atoms with E-state index >= 15 is 0 Å². The zero-order chi connectivity index (χ0) is 14.3. The molecule has 1 heterocycles. The van der Waals surface area contributed by atoms with E-state index < -0.39 is 11.1 Å². The number of hydrogen-bond acceptors (Lipinski definition) is 3. The summed E-state index contributed by atoms with van der Waals surface area (Å²) < 4.78 is 5.26. The van der Waals surface area contributed by atoms with Crippen molar-refractivity contribution in [2.24, 2.45) is 0 Å². The van der Waals surface area contributed by atoms with Crippen LogP contribution in [-0.2, 0) is 14.3 Å². The highest BCUT2D eigenvalue weighted by atomic mass is 16.5. The van der Waals surface area contributed by atoms with Gasteiger partial charge in [0.1, 0.15) is 11.1 Å². The fourth-order valence-corrected chi connectivity index (χ4v) is 3.02. The summed E-state index contributed by atoms with van der Waals surface area (Å²) in [4.78, 5) is 26.9. The van der Waals surface area contributed by atoms with Gasteiger partial charge in [0.05, 0.1) is 6.10 Å². The van der Waals surface area contributed by atoms with Gasteiger partial charge in [-0.3, -0.25) is 9.59 Å². The standard InChI is InChI=1S/C14H24N2O3/c1-10(19-4)9-16-12(18)14(7-5-6-8-14)15-11(17)13(16,2)3/h10H,5-9H2,1-4H3,(H,15,17). The number of amides is 2. The van der Waals surface area contributed by atoms with Gasteiger partial charge in [-0.05, 0) is 33.6 Å². The Bertz CT molecular complexity index is 386. The molecule has 2 rings (SSSR count). The van der Waals surface area contributed by atoms with E-state index in [1.54, 1.807) is 25.9 Å². The molecule has 2 fully saturated rings. The average molecular weight is 268 g/mol. The van der Waals surface area contributed by atoms with Crippen LogP contribution in [0.4, 0.5) is 0 Å². The van der Waals surface area contributed by atoms with Crippen LogP contribution in [0.1, 0.15) is 46.5 Å². The highest BCUT2D eigenvalue weighted by Crippen LogP contribution is 2.37. The minimum absolute atomic E-state index is 0.0542. The van der Waals surface area contributed by atoms with Gasteiger partial charge in [-0.1, -0.05) is 12.8 Å². The Balaban J connectivity index is 2.29. The molecular formula is C14H24N2O3. The highest BCUT2D eigenvalue weighted by Gasteiger charge is 2.55. The molecule has 1 spiro atoms. The summed E-state index contributed by atoms with van der Waals surface area (Å²) >= 11 is 0. The molecular weight excluding hydrogens is 244 g/mol. The van der Waals surface area contributed by atoms with Crippen molar-refractivity contribution in [2.75, 3.05) is 13.7 Å². The molecule has 0 aromatic heterocycles. The Morgan fingerprint density at radius 2 is 1.89 bits per heavy atom. The lowest BCUT2D eigenvalue weighted by Crippen LogP contribution is -2.74. The van der Waals surface area contributed by atoms with Crippen molar-refractivity contribution in [2.45, 2.75) is 63.6 Å². The van der Waals surface area contributed by atoms with E-state index in [9.17, 15) is 9.59 Å². The first-order valence-corrected chi connectivity index (χ1v) is 7.01. The normalized spacial score (nSPS) is 26.6. The molecule has 1 aliphatic carbocycles. The molecule has 0 aromatic rings. The molecule has 19 heavy (non-hydrogen) atoms. The van der Waals surface area contributed by atoms with Crippen molar-refractivity contribution in [3.05, 3.63) is 0 Å². The van der Waals surface area contributed by atoms with Crippen LogP contribution < -0.4 is 5.32 Å². The first kappa shape index (κ1) is 14.3. The second-order valence-corrected chi connectivity index (χ2v) is 6.26. The number of piperazine rings is 1. The molecule has 1 unspecified atom stereocenters. The summed E-state index contributed by atoms with van der Waals surface area (Å²) in [7, 11) is 1.62. The van der Waals surface area contributed by atoms with Crippen LogP contribution >= 0.6 is 0 Å². The maximum atomic E-state index is 12.8. The molecule has 1 saturated heterocycles. The van der Waals surface area contributed by atoms with Gasteiger partial charge in [0, 0.05) is 13.7 Å². The van der Waals surface area contributed by atoms with Gasteiger partial charge < -0.3 is 15.0 Å². The molecule has 0 aromatic carbocycles. The van der Waals surface area contributed by atoms with E-state index in [2.05, 4.69) is 5.32 Å². The average Bonchev–Trinajstić information content (AvgIpc) is 2.82. The fourth-order valence-electron chi connectivity index (χ4n) is 3.02. The number of nitrogens with zero attached hydrogens (tertiary/aromatic N) is 1. The van der Waals surface area contributed by atoms with Crippen molar-refractivity contribution in [3.63, 3.8) is 0 Å². The second-order valence-electron chi connectivity index (χ2n) is 6.26. The van der Waals surface area contributed by atoms with Crippen LogP contribution in [0, 0.1) is 0 Å². The SMILES string of the molecule is COC(C)CN1C(=O)C2(CCCC2)NC(=O)C1(C)C. The number of nitrogens with one attached hydrogen (secondary N) is 1. The van der Waals surface area contributed by atoms with Gasteiger partial charge in [-0.25, -0.2) is 0 Å². The molecule has 1 aliphatic heterocycles. The Morgan fingerprint density at radius 1 is 1.32 bits per heavy atom. The monoisotopic (exact) mass is 268 g/mol. The minimum atomic E-state index is -0.808. The lowest BCUT2D eigenvalue weighted by atomic mass is 9.85. The smallest absolute Gasteiger partial charge is 0.249 e. The van der Waals surface area contributed by atoms with E-state index in [0.29, 0.717) is 6.54 Å². The molecule has 1 saturated carbocycles. The number of ether oxygens (including phenoxy) is 1. The van der Waals surface area contributed by atoms with Gasteiger partial charge in [0.15, 0.2) is 0 Å². The topological polar surface area (TPSA) is 58.6 Å². The third-order valence-corrected chi connectivity index (χ3v) is 4.54. The van der Waals surface area contributed by atoms with E-state index in [-0.39, 0.29) is 17.9 Å². The van der Waals surface area contributed by atoms with Crippen LogP contribution in [0.25, 0.3) is 0 Å². The zero-order valence-corrected chi connectivity index (χ0v) is 12.3. The molecule has 1 atom stereocenters. The summed E-state index contributed by atoms with van der Waals surface area (Å²) in [5.74, 6) is -0.00389. The van der Waals surface area contributed by atoms with E-state index in [1.165, 1.54) is 0 Å². The van der Waals surface area contributed by atoms with Crippen LogP contribution in [-0.4, -0.2) is 47.6 Å². The number of methoxy groups -OCH3 is 1. The molecule has 0 radical (unpaired) electrons. The summed E-state index contributed by atoms with van der Waals surface area (Å²) in [5.41, 5.74) is -1.46. The Kier molecular flexibility index (Phi) is 3.60. The van der Waals surface area contributed by atoms with Gasteiger partial charge in [-0.15, -0.1) is 0 Å². The minimum Gasteiger partial charge on any atom is -0.380 e. The largest absolute Gasteiger partial charge is 0.380 e. The first-order chi connectivity index (χ1) is 8.83. The van der Waals surface area contributed by atoms with Crippen molar-refractivity contribution < 1.29 is 14.3 Å². The van der Waals surface area contributed by atoms with Crippen molar-refractivity contribution in [3.8, 4) is 0 Å². The molecule has 1 N–H and O–H groups in total.